The van der Waals surface area contributed by atoms with Gasteiger partial charge in [0.05, 0.1) is 5.25 Å². The first kappa shape index (κ1) is 21.6. The predicted octanol–water partition coefficient (Wildman–Crippen LogP) is 3.23. The van der Waals surface area contributed by atoms with Gasteiger partial charge in [-0.3, -0.25) is 9.69 Å². The third-order valence-electron chi connectivity index (χ3n) is 5.69. The van der Waals surface area contributed by atoms with Crippen molar-refractivity contribution in [3.63, 3.8) is 0 Å². The largest absolute Gasteiger partial charge is 0.339 e. The lowest BCUT2D eigenvalue weighted by Gasteiger charge is -2.35. The number of rotatable bonds is 7. The highest BCUT2D eigenvalue weighted by molar-refractivity contribution is 8.00. The normalized spacial score (nSPS) is 15.7. The molecule has 3 aromatic rings. The summed E-state index contributed by atoms with van der Waals surface area (Å²) >= 11 is 1.49. The number of nitrogens with zero attached hydrogens (tertiary/aromatic N) is 5. The number of carbonyl (C=O) groups excluding carboxylic acids is 1. The zero-order valence-electron chi connectivity index (χ0n) is 18.1. The Kier molecular flexibility index (Phi) is 7.04. The Labute approximate surface area is 188 Å². The molecule has 2 heterocycles. The fraction of sp³-hybridized carbons (Fsp3) is 0.375. The molecule has 4 rings (SSSR count). The molecule has 1 aliphatic rings. The first-order valence-electron chi connectivity index (χ1n) is 10.7. The van der Waals surface area contributed by atoms with Gasteiger partial charge in [-0.05, 0) is 18.1 Å². The molecule has 1 fully saturated rings. The number of hydrogen-bond acceptors (Lipinski definition) is 5. The number of benzene rings is 2. The van der Waals surface area contributed by atoms with E-state index in [1.54, 1.807) is 0 Å². The molecule has 0 spiro atoms. The minimum atomic E-state index is -0.187. The second kappa shape index (κ2) is 10.1. The second-order valence-electron chi connectivity index (χ2n) is 7.97. The number of hydrogen-bond donors (Lipinski definition) is 0. The molecule has 162 valence electrons. The average molecular weight is 436 g/mol. The highest BCUT2D eigenvalue weighted by Gasteiger charge is 2.27. The Hall–Kier alpha value is -2.64. The quantitative estimate of drug-likeness (QED) is 0.534. The van der Waals surface area contributed by atoms with E-state index in [1.165, 1.54) is 22.9 Å². The van der Waals surface area contributed by atoms with Crippen molar-refractivity contribution in [1.82, 2.24) is 24.6 Å². The van der Waals surface area contributed by atoms with Gasteiger partial charge in [0.15, 0.2) is 5.16 Å². The van der Waals surface area contributed by atoms with Gasteiger partial charge in [-0.15, -0.1) is 10.2 Å². The minimum Gasteiger partial charge on any atom is -0.339 e. The number of thioether (sulfide) groups is 1. The van der Waals surface area contributed by atoms with Crippen LogP contribution in [0.3, 0.4) is 0 Å². The topological polar surface area (TPSA) is 54.3 Å². The van der Waals surface area contributed by atoms with E-state index >= 15 is 0 Å². The smallest absolute Gasteiger partial charge is 0.235 e. The minimum absolute atomic E-state index is 0.178. The second-order valence-corrected chi connectivity index (χ2v) is 9.28. The summed E-state index contributed by atoms with van der Waals surface area (Å²) < 4.78 is 2.00. The van der Waals surface area contributed by atoms with Gasteiger partial charge in [-0.25, -0.2) is 0 Å². The van der Waals surface area contributed by atoms with Gasteiger partial charge in [0.25, 0.3) is 0 Å². The maximum Gasteiger partial charge on any atom is 0.235 e. The first-order valence-corrected chi connectivity index (χ1v) is 11.6. The number of piperazine rings is 1. The van der Waals surface area contributed by atoms with E-state index < -0.39 is 0 Å². The van der Waals surface area contributed by atoms with Crippen LogP contribution in [0.2, 0.25) is 0 Å². The molecule has 0 N–H and O–H groups in total. The molecule has 0 radical (unpaired) electrons. The molecule has 1 aliphatic heterocycles. The van der Waals surface area contributed by atoms with Crippen molar-refractivity contribution in [2.45, 2.75) is 30.3 Å². The summed E-state index contributed by atoms with van der Waals surface area (Å²) in [6, 6.07) is 20.8. The van der Waals surface area contributed by atoms with Crippen molar-refractivity contribution in [2.24, 2.45) is 7.05 Å². The summed E-state index contributed by atoms with van der Waals surface area (Å²) in [5.41, 5.74) is 2.52. The Morgan fingerprint density at radius 1 is 0.935 bits per heavy atom. The van der Waals surface area contributed by atoms with Gasteiger partial charge in [0.1, 0.15) is 5.82 Å². The first-order chi connectivity index (χ1) is 15.1. The van der Waals surface area contributed by atoms with E-state index in [9.17, 15) is 4.79 Å². The third kappa shape index (κ3) is 5.54. The Bertz CT molecular complexity index is 984. The van der Waals surface area contributed by atoms with Crippen LogP contribution in [0.25, 0.3) is 0 Å². The molecule has 0 aliphatic carbocycles. The van der Waals surface area contributed by atoms with Crippen molar-refractivity contribution >= 4 is 17.7 Å². The maximum absolute atomic E-state index is 13.0. The molecule has 6 nitrogen and oxygen atoms in total. The monoisotopic (exact) mass is 435 g/mol. The van der Waals surface area contributed by atoms with Crippen LogP contribution in [0.5, 0.6) is 0 Å². The molecule has 1 aromatic heterocycles. The highest BCUT2D eigenvalue weighted by Crippen LogP contribution is 2.24. The lowest BCUT2D eigenvalue weighted by molar-refractivity contribution is -0.132. The number of aromatic nitrogens is 3. The van der Waals surface area contributed by atoms with Gasteiger partial charge in [-0.1, -0.05) is 72.4 Å². The number of carbonyl (C=O) groups is 1. The number of amides is 1. The predicted molar refractivity (Wildman–Crippen MR) is 124 cm³/mol. The van der Waals surface area contributed by atoms with Crippen molar-refractivity contribution in [3.8, 4) is 0 Å². The molecule has 1 atom stereocenters. The molecular formula is C24H29N5OS. The SMILES string of the molecule is CC(Sc1nnc(Cc2ccccc2)n1C)C(=O)N1CCN(Cc2ccccc2)CC1. The van der Waals surface area contributed by atoms with E-state index in [2.05, 4.69) is 51.5 Å². The van der Waals surface area contributed by atoms with Gasteiger partial charge in [0, 0.05) is 46.2 Å². The summed E-state index contributed by atoms with van der Waals surface area (Å²) in [6.07, 6.45) is 0.733. The standard InChI is InChI=1S/C24H29N5OS/c1-19(31-24-26-25-22(27(24)2)17-20-9-5-3-6-10-20)23(30)29-15-13-28(14-16-29)18-21-11-7-4-8-12-21/h3-12,19H,13-18H2,1-2H3. The van der Waals surface area contributed by atoms with Gasteiger partial charge >= 0.3 is 0 Å². The molecular weight excluding hydrogens is 406 g/mol. The molecule has 2 aromatic carbocycles. The van der Waals surface area contributed by atoms with Crippen LogP contribution in [-0.4, -0.2) is 61.9 Å². The zero-order valence-corrected chi connectivity index (χ0v) is 19.0. The summed E-state index contributed by atoms with van der Waals surface area (Å²) in [7, 11) is 1.97. The lowest BCUT2D eigenvalue weighted by Crippen LogP contribution is -2.50. The van der Waals surface area contributed by atoms with Crippen molar-refractivity contribution in [1.29, 1.82) is 0 Å². The Morgan fingerprint density at radius 3 is 2.19 bits per heavy atom. The zero-order chi connectivity index (χ0) is 21.6. The van der Waals surface area contributed by atoms with Crippen molar-refractivity contribution < 1.29 is 4.79 Å². The van der Waals surface area contributed by atoms with Crippen LogP contribution in [0, 0.1) is 0 Å². The molecule has 7 heteroatoms. The summed E-state index contributed by atoms with van der Waals surface area (Å²) in [5.74, 6) is 1.08. The highest BCUT2D eigenvalue weighted by atomic mass is 32.2. The Morgan fingerprint density at radius 2 is 1.55 bits per heavy atom. The molecule has 1 amide bonds. The van der Waals surface area contributed by atoms with Crippen LogP contribution < -0.4 is 0 Å². The van der Waals surface area contributed by atoms with Crippen molar-refractivity contribution in [2.75, 3.05) is 26.2 Å². The summed E-state index contributed by atoms with van der Waals surface area (Å²) in [5, 5.41) is 9.28. The van der Waals surface area contributed by atoms with Gasteiger partial charge in [-0.2, -0.15) is 0 Å². The van der Waals surface area contributed by atoms with Crippen LogP contribution in [0.15, 0.2) is 65.8 Å². The molecule has 0 bridgehead atoms. The lowest BCUT2D eigenvalue weighted by atomic mass is 10.1. The average Bonchev–Trinajstić information content (AvgIpc) is 3.14. The van der Waals surface area contributed by atoms with E-state index in [1.807, 2.05) is 47.7 Å². The van der Waals surface area contributed by atoms with Crippen LogP contribution in [-0.2, 0) is 24.8 Å². The van der Waals surface area contributed by atoms with Gasteiger partial charge in [0.2, 0.25) is 5.91 Å². The van der Waals surface area contributed by atoms with Crippen LogP contribution in [0.4, 0.5) is 0 Å². The van der Waals surface area contributed by atoms with Crippen LogP contribution in [0.1, 0.15) is 23.9 Å². The van der Waals surface area contributed by atoms with E-state index in [4.69, 9.17) is 0 Å². The van der Waals surface area contributed by atoms with E-state index in [-0.39, 0.29) is 11.2 Å². The molecule has 1 unspecified atom stereocenters. The molecule has 1 saturated heterocycles. The van der Waals surface area contributed by atoms with Gasteiger partial charge < -0.3 is 9.47 Å². The fourth-order valence-corrected chi connectivity index (χ4v) is 4.73. The third-order valence-corrected chi connectivity index (χ3v) is 6.81. The maximum atomic E-state index is 13.0. The summed E-state index contributed by atoms with van der Waals surface area (Å²) in [4.78, 5) is 17.4. The van der Waals surface area contributed by atoms with E-state index in [0.717, 1.165) is 50.1 Å². The van der Waals surface area contributed by atoms with E-state index in [0.29, 0.717) is 0 Å². The summed E-state index contributed by atoms with van der Waals surface area (Å²) in [6.45, 7) is 6.26. The van der Waals surface area contributed by atoms with Crippen molar-refractivity contribution in [3.05, 3.63) is 77.6 Å². The fourth-order valence-electron chi connectivity index (χ4n) is 3.81. The van der Waals surface area contributed by atoms with Crippen LogP contribution >= 0.6 is 11.8 Å². The molecule has 31 heavy (non-hydrogen) atoms. The molecule has 0 saturated carbocycles. The Balaban J connectivity index is 1.29.